The molecule has 1 aromatic rings. The summed E-state index contributed by atoms with van der Waals surface area (Å²) in [5, 5.41) is 10.4. The van der Waals surface area contributed by atoms with Crippen LogP contribution in [0.1, 0.15) is 38.9 Å². The van der Waals surface area contributed by atoms with Crippen LogP contribution in [-0.4, -0.2) is 11.2 Å². The quantitative estimate of drug-likeness (QED) is 0.854. The first-order valence-electron chi connectivity index (χ1n) is 5.18. The van der Waals surface area contributed by atoms with Crippen molar-refractivity contribution in [3.8, 4) is 5.75 Å². The van der Waals surface area contributed by atoms with E-state index in [0.29, 0.717) is 17.2 Å². The molecule has 0 aliphatic heterocycles. The fourth-order valence-electron chi connectivity index (χ4n) is 1.36. The Labute approximate surface area is 95.8 Å². The lowest BCUT2D eigenvalue weighted by Crippen LogP contribution is -2.09. The lowest BCUT2D eigenvalue weighted by Gasteiger charge is -2.17. The predicted molar refractivity (Wildman–Crippen MR) is 62.5 cm³/mol. The molecule has 0 aliphatic carbocycles. The normalized spacial score (nSPS) is 12.9. The molecule has 2 nitrogen and oxygen atoms in total. The zero-order valence-electron chi connectivity index (χ0n) is 9.33. The van der Waals surface area contributed by atoms with Crippen molar-refractivity contribution in [3.05, 3.63) is 28.8 Å². The Morgan fingerprint density at radius 3 is 2.60 bits per heavy atom. The molecular formula is C12H17ClO2. The zero-order valence-corrected chi connectivity index (χ0v) is 10.1. The molecule has 1 N–H and O–H groups in total. The summed E-state index contributed by atoms with van der Waals surface area (Å²) in [5.41, 5.74) is 0.763. The standard InChI is InChI=1S/C12H17ClO2/c1-4-11(14)10-7-9(13)5-6-12(10)15-8(2)3/h5-8,11,14H,4H2,1-3H3. The highest BCUT2D eigenvalue weighted by molar-refractivity contribution is 6.30. The molecule has 3 heteroatoms. The van der Waals surface area contributed by atoms with Crippen molar-refractivity contribution in [3.63, 3.8) is 0 Å². The molecule has 0 heterocycles. The summed E-state index contributed by atoms with van der Waals surface area (Å²) < 4.78 is 5.60. The highest BCUT2D eigenvalue weighted by atomic mass is 35.5. The third-order valence-electron chi connectivity index (χ3n) is 2.08. The topological polar surface area (TPSA) is 29.5 Å². The Balaban J connectivity index is 3.02. The fourth-order valence-corrected chi connectivity index (χ4v) is 1.54. The number of hydrogen-bond donors (Lipinski definition) is 1. The third kappa shape index (κ3) is 3.40. The van der Waals surface area contributed by atoms with Gasteiger partial charge in [0, 0.05) is 10.6 Å². The fraction of sp³-hybridized carbons (Fsp3) is 0.500. The molecule has 15 heavy (non-hydrogen) atoms. The van der Waals surface area contributed by atoms with Crippen LogP contribution in [0.5, 0.6) is 5.75 Å². The molecule has 0 saturated heterocycles. The van der Waals surface area contributed by atoms with E-state index in [0.717, 1.165) is 5.56 Å². The molecule has 84 valence electrons. The van der Waals surface area contributed by atoms with Crippen molar-refractivity contribution >= 4 is 11.6 Å². The molecule has 0 bridgehead atoms. The second kappa shape index (κ2) is 5.38. The van der Waals surface area contributed by atoms with Crippen LogP contribution in [0, 0.1) is 0 Å². The van der Waals surface area contributed by atoms with Crippen LogP contribution in [0.3, 0.4) is 0 Å². The zero-order chi connectivity index (χ0) is 11.4. The van der Waals surface area contributed by atoms with Gasteiger partial charge in [0.05, 0.1) is 12.2 Å². The average molecular weight is 229 g/mol. The molecule has 0 aromatic heterocycles. The van der Waals surface area contributed by atoms with Crippen molar-refractivity contribution in [1.82, 2.24) is 0 Å². The van der Waals surface area contributed by atoms with Crippen LogP contribution in [-0.2, 0) is 0 Å². The smallest absolute Gasteiger partial charge is 0.125 e. The SMILES string of the molecule is CCC(O)c1cc(Cl)ccc1OC(C)C. The summed E-state index contributed by atoms with van der Waals surface area (Å²) in [5.74, 6) is 0.712. The molecule has 0 saturated carbocycles. The number of aliphatic hydroxyl groups excluding tert-OH is 1. The molecule has 0 spiro atoms. The summed E-state index contributed by atoms with van der Waals surface area (Å²) >= 11 is 5.89. The highest BCUT2D eigenvalue weighted by Gasteiger charge is 2.13. The van der Waals surface area contributed by atoms with Crippen molar-refractivity contribution in [1.29, 1.82) is 0 Å². The van der Waals surface area contributed by atoms with Gasteiger partial charge in [-0.05, 0) is 38.5 Å². The van der Waals surface area contributed by atoms with Crippen LogP contribution in [0.2, 0.25) is 5.02 Å². The number of benzene rings is 1. The Kier molecular flexibility index (Phi) is 4.43. The minimum Gasteiger partial charge on any atom is -0.491 e. The Hall–Kier alpha value is -0.730. The van der Waals surface area contributed by atoms with E-state index in [9.17, 15) is 5.11 Å². The molecule has 1 rings (SSSR count). The summed E-state index contributed by atoms with van der Waals surface area (Å²) in [6.07, 6.45) is 0.223. The van der Waals surface area contributed by atoms with Crippen LogP contribution in [0.15, 0.2) is 18.2 Å². The number of aliphatic hydroxyl groups is 1. The molecule has 0 radical (unpaired) electrons. The van der Waals surface area contributed by atoms with Crippen LogP contribution in [0.25, 0.3) is 0 Å². The summed E-state index contributed by atoms with van der Waals surface area (Å²) in [6, 6.07) is 5.33. The van der Waals surface area contributed by atoms with Gasteiger partial charge in [0.25, 0.3) is 0 Å². The largest absolute Gasteiger partial charge is 0.491 e. The van der Waals surface area contributed by atoms with Crippen LogP contribution < -0.4 is 4.74 Å². The van der Waals surface area contributed by atoms with Crippen molar-refractivity contribution in [2.24, 2.45) is 0 Å². The maximum absolute atomic E-state index is 9.81. The second-order valence-electron chi connectivity index (χ2n) is 3.77. The van der Waals surface area contributed by atoms with Gasteiger partial charge in [0.1, 0.15) is 5.75 Å². The predicted octanol–water partition coefficient (Wildman–Crippen LogP) is 3.57. The van der Waals surface area contributed by atoms with E-state index in [2.05, 4.69) is 0 Å². The Bertz CT molecular complexity index is 323. The van der Waals surface area contributed by atoms with E-state index in [1.165, 1.54) is 0 Å². The van der Waals surface area contributed by atoms with Crippen molar-refractivity contribution in [2.45, 2.75) is 39.4 Å². The highest BCUT2D eigenvalue weighted by Crippen LogP contribution is 2.30. The minimum atomic E-state index is -0.516. The maximum atomic E-state index is 9.81. The van der Waals surface area contributed by atoms with E-state index in [4.69, 9.17) is 16.3 Å². The monoisotopic (exact) mass is 228 g/mol. The van der Waals surface area contributed by atoms with Crippen LogP contribution in [0.4, 0.5) is 0 Å². The van der Waals surface area contributed by atoms with Gasteiger partial charge in [-0.3, -0.25) is 0 Å². The molecule has 0 aliphatic rings. The number of hydrogen-bond acceptors (Lipinski definition) is 2. The Morgan fingerprint density at radius 1 is 1.40 bits per heavy atom. The number of rotatable bonds is 4. The summed E-state index contributed by atoms with van der Waals surface area (Å²) in [7, 11) is 0. The molecule has 0 fully saturated rings. The van der Waals surface area contributed by atoms with Gasteiger partial charge in [-0.2, -0.15) is 0 Å². The second-order valence-corrected chi connectivity index (χ2v) is 4.21. The van der Waals surface area contributed by atoms with Gasteiger partial charge in [0.2, 0.25) is 0 Å². The van der Waals surface area contributed by atoms with Gasteiger partial charge in [-0.25, -0.2) is 0 Å². The van der Waals surface area contributed by atoms with Gasteiger partial charge >= 0.3 is 0 Å². The molecule has 1 unspecified atom stereocenters. The van der Waals surface area contributed by atoms with Gasteiger partial charge in [0.15, 0.2) is 0 Å². The molecular weight excluding hydrogens is 212 g/mol. The number of halogens is 1. The maximum Gasteiger partial charge on any atom is 0.125 e. The number of ether oxygens (including phenoxy) is 1. The third-order valence-corrected chi connectivity index (χ3v) is 2.32. The first kappa shape index (κ1) is 12.3. The van der Waals surface area contributed by atoms with E-state index < -0.39 is 6.10 Å². The first-order chi connectivity index (χ1) is 7.04. The summed E-state index contributed by atoms with van der Waals surface area (Å²) in [4.78, 5) is 0. The van der Waals surface area contributed by atoms with Crippen LogP contribution >= 0.6 is 11.6 Å². The van der Waals surface area contributed by atoms with Crippen molar-refractivity contribution in [2.75, 3.05) is 0 Å². The molecule has 1 atom stereocenters. The van der Waals surface area contributed by atoms with E-state index in [1.54, 1.807) is 18.2 Å². The van der Waals surface area contributed by atoms with E-state index in [-0.39, 0.29) is 6.10 Å². The van der Waals surface area contributed by atoms with Gasteiger partial charge < -0.3 is 9.84 Å². The lowest BCUT2D eigenvalue weighted by molar-refractivity contribution is 0.162. The molecule has 1 aromatic carbocycles. The van der Waals surface area contributed by atoms with E-state index >= 15 is 0 Å². The first-order valence-corrected chi connectivity index (χ1v) is 5.56. The summed E-state index contributed by atoms with van der Waals surface area (Å²) in [6.45, 7) is 5.83. The minimum absolute atomic E-state index is 0.0916. The van der Waals surface area contributed by atoms with E-state index in [1.807, 2.05) is 20.8 Å². The molecule has 0 amide bonds. The Morgan fingerprint density at radius 2 is 2.07 bits per heavy atom. The van der Waals surface area contributed by atoms with Crippen molar-refractivity contribution < 1.29 is 9.84 Å². The lowest BCUT2D eigenvalue weighted by atomic mass is 10.1. The average Bonchev–Trinajstić information content (AvgIpc) is 2.19. The van der Waals surface area contributed by atoms with Gasteiger partial charge in [-0.1, -0.05) is 18.5 Å². The van der Waals surface area contributed by atoms with Gasteiger partial charge in [-0.15, -0.1) is 0 Å².